The number of aliphatic carboxylic acids is 2. The van der Waals surface area contributed by atoms with Crippen molar-refractivity contribution in [1.29, 1.82) is 0 Å². The summed E-state index contributed by atoms with van der Waals surface area (Å²) in [6, 6.07) is 0. The Labute approximate surface area is 120 Å². The summed E-state index contributed by atoms with van der Waals surface area (Å²) in [5.74, 6) is -1.46. The van der Waals surface area contributed by atoms with E-state index < -0.39 is 18.0 Å². The van der Waals surface area contributed by atoms with Crippen LogP contribution in [0.3, 0.4) is 0 Å². The van der Waals surface area contributed by atoms with Gasteiger partial charge in [0.25, 0.3) is 0 Å². The third-order valence-corrected chi connectivity index (χ3v) is 1.65. The molecule has 0 aromatic rings. The first-order valence-electron chi connectivity index (χ1n) is 6.55. The lowest BCUT2D eigenvalue weighted by Crippen LogP contribution is -2.19. The summed E-state index contributed by atoms with van der Waals surface area (Å²) in [4.78, 5) is 19.0. The van der Waals surface area contributed by atoms with Crippen molar-refractivity contribution in [2.45, 2.75) is 59.2 Å². The zero-order valence-electron chi connectivity index (χ0n) is 12.7. The van der Waals surface area contributed by atoms with Gasteiger partial charge in [0.2, 0.25) is 0 Å². The minimum Gasteiger partial charge on any atom is -0.481 e. The summed E-state index contributed by atoms with van der Waals surface area (Å²) in [6.45, 7) is 7.14. The summed E-state index contributed by atoms with van der Waals surface area (Å²) < 4.78 is 4.95. The van der Waals surface area contributed by atoms with E-state index in [0.29, 0.717) is 13.0 Å². The van der Waals surface area contributed by atoms with Crippen LogP contribution in [0, 0.1) is 0 Å². The molecule has 20 heavy (non-hydrogen) atoms. The van der Waals surface area contributed by atoms with E-state index in [-0.39, 0.29) is 19.1 Å². The summed E-state index contributed by atoms with van der Waals surface area (Å²) in [7, 11) is 0. The van der Waals surface area contributed by atoms with Crippen LogP contribution in [0.4, 0.5) is 0 Å². The second-order valence-electron chi connectivity index (χ2n) is 4.07. The van der Waals surface area contributed by atoms with Gasteiger partial charge in [0.05, 0.1) is 25.4 Å². The van der Waals surface area contributed by atoms with Crippen LogP contribution in [0.25, 0.3) is 0 Å². The minimum atomic E-state index is -0.745. The van der Waals surface area contributed by atoms with E-state index in [2.05, 4.69) is 0 Å². The van der Waals surface area contributed by atoms with Crippen LogP contribution in [0.5, 0.6) is 0 Å². The van der Waals surface area contributed by atoms with Crippen LogP contribution in [0.2, 0.25) is 0 Å². The topological polar surface area (TPSA) is 124 Å². The van der Waals surface area contributed by atoms with Crippen LogP contribution >= 0.6 is 0 Å². The molecule has 0 amide bonds. The number of aliphatic hydroxyl groups is 2. The molecule has 2 atom stereocenters. The zero-order valence-corrected chi connectivity index (χ0v) is 12.7. The molecule has 0 rings (SSSR count). The number of carbonyl (C=O) groups is 2. The van der Waals surface area contributed by atoms with Gasteiger partial charge >= 0.3 is 11.9 Å². The molecule has 0 heterocycles. The first-order chi connectivity index (χ1) is 9.20. The Morgan fingerprint density at radius 1 is 1.10 bits per heavy atom. The van der Waals surface area contributed by atoms with Crippen LogP contribution < -0.4 is 0 Å². The maximum Gasteiger partial charge on any atom is 0.303 e. The predicted molar refractivity (Wildman–Crippen MR) is 74.7 cm³/mol. The fourth-order valence-electron chi connectivity index (χ4n) is 0.570. The highest BCUT2D eigenvalue weighted by Gasteiger charge is 2.00. The molecule has 7 heteroatoms. The highest BCUT2D eigenvalue weighted by Crippen LogP contribution is 1.90. The van der Waals surface area contributed by atoms with E-state index in [9.17, 15) is 9.59 Å². The second kappa shape index (κ2) is 17.8. The quantitative estimate of drug-likeness (QED) is 0.554. The molecule has 0 bridgehead atoms. The van der Waals surface area contributed by atoms with E-state index in [1.165, 1.54) is 0 Å². The van der Waals surface area contributed by atoms with Crippen LogP contribution in [0.15, 0.2) is 0 Å². The summed E-state index contributed by atoms with van der Waals surface area (Å²) in [5, 5.41) is 32.8. The number of carboxylic acids is 2. The molecule has 7 nitrogen and oxygen atoms in total. The molecule has 0 saturated heterocycles. The lowest BCUT2D eigenvalue weighted by Gasteiger charge is -2.10. The maximum atomic E-state index is 9.60. The molecule has 0 aliphatic rings. The smallest absolute Gasteiger partial charge is 0.303 e. The van der Waals surface area contributed by atoms with Gasteiger partial charge in [-0.25, -0.2) is 0 Å². The largest absolute Gasteiger partial charge is 0.481 e. The lowest BCUT2D eigenvalue weighted by atomic mass is 10.4. The van der Waals surface area contributed by atoms with Crippen molar-refractivity contribution in [1.82, 2.24) is 0 Å². The van der Waals surface area contributed by atoms with Crippen LogP contribution in [-0.2, 0) is 14.3 Å². The molecule has 0 aromatic heterocycles. The van der Waals surface area contributed by atoms with Crippen molar-refractivity contribution in [2.24, 2.45) is 0 Å². The van der Waals surface area contributed by atoms with Gasteiger partial charge in [0.15, 0.2) is 0 Å². The average Bonchev–Trinajstić information content (AvgIpc) is 2.37. The number of ether oxygens (including phenoxy) is 1. The fourth-order valence-corrected chi connectivity index (χ4v) is 0.570. The van der Waals surface area contributed by atoms with Gasteiger partial charge in [-0.1, -0.05) is 13.8 Å². The first kappa shape index (κ1) is 23.9. The van der Waals surface area contributed by atoms with Crippen molar-refractivity contribution in [3.05, 3.63) is 0 Å². The van der Waals surface area contributed by atoms with Gasteiger partial charge in [-0.05, 0) is 20.3 Å². The molecular weight excluding hydrogens is 268 g/mol. The van der Waals surface area contributed by atoms with E-state index in [1.807, 2.05) is 6.92 Å². The van der Waals surface area contributed by atoms with E-state index in [4.69, 9.17) is 25.2 Å². The summed E-state index contributed by atoms with van der Waals surface area (Å²) in [5.41, 5.74) is 0. The molecule has 0 aliphatic heterocycles. The number of aliphatic hydroxyl groups excluding tert-OH is 2. The molecule has 122 valence electrons. The highest BCUT2D eigenvalue weighted by molar-refractivity contribution is 5.66. The van der Waals surface area contributed by atoms with Gasteiger partial charge in [0.1, 0.15) is 0 Å². The van der Waals surface area contributed by atoms with Gasteiger partial charge in [-0.3, -0.25) is 9.59 Å². The van der Waals surface area contributed by atoms with Crippen molar-refractivity contribution in [3.63, 3.8) is 0 Å². The van der Waals surface area contributed by atoms with Crippen molar-refractivity contribution >= 4 is 11.9 Å². The Bertz CT molecular complexity index is 229. The number of hydrogen-bond acceptors (Lipinski definition) is 5. The third kappa shape index (κ3) is 36.0. The zero-order chi connectivity index (χ0) is 16.6. The molecule has 0 saturated carbocycles. The highest BCUT2D eigenvalue weighted by atomic mass is 16.5. The molecule has 0 fully saturated rings. The van der Waals surface area contributed by atoms with Gasteiger partial charge in [-0.2, -0.15) is 0 Å². The number of rotatable bonds is 7. The van der Waals surface area contributed by atoms with Crippen LogP contribution in [-0.4, -0.2) is 57.8 Å². The van der Waals surface area contributed by atoms with Crippen molar-refractivity contribution < 1.29 is 34.8 Å². The van der Waals surface area contributed by atoms with E-state index in [1.54, 1.807) is 20.8 Å². The molecule has 4 N–H and O–H groups in total. The molecular formula is C13H28O7. The number of hydrogen-bond donors (Lipinski definition) is 4. The lowest BCUT2D eigenvalue weighted by molar-refractivity contribution is -0.137. The minimum absolute atomic E-state index is 0.00667. The van der Waals surface area contributed by atoms with Gasteiger partial charge < -0.3 is 25.2 Å². The average molecular weight is 296 g/mol. The summed E-state index contributed by atoms with van der Waals surface area (Å²) in [6.07, 6.45) is 0.633. The summed E-state index contributed by atoms with van der Waals surface area (Å²) >= 11 is 0. The van der Waals surface area contributed by atoms with Crippen molar-refractivity contribution in [3.8, 4) is 0 Å². The van der Waals surface area contributed by atoms with Gasteiger partial charge in [-0.15, -0.1) is 0 Å². The second-order valence-corrected chi connectivity index (χ2v) is 4.07. The Morgan fingerprint density at radius 2 is 1.55 bits per heavy atom. The molecule has 0 aromatic carbocycles. The molecule has 0 aliphatic carbocycles. The number of carboxylic acid groups (broad SMARTS) is 2. The standard InChI is InChI=1S/C6H14O3.C4H8O2.C3H6O2/c1-5(8)4-9-6(2)3-7;1-2-3-4(5)6;1-2-3(4)5/h5-8H,3-4H2,1-2H3;2-3H2,1H3,(H,5,6);2H2,1H3,(H,4,5). The Balaban J connectivity index is -0.000000230. The third-order valence-electron chi connectivity index (χ3n) is 1.65. The monoisotopic (exact) mass is 296 g/mol. The van der Waals surface area contributed by atoms with Gasteiger partial charge in [0, 0.05) is 12.8 Å². The molecule has 0 radical (unpaired) electrons. The fraction of sp³-hybridized carbons (Fsp3) is 0.846. The Kier molecular flexibility index (Phi) is 21.3. The normalized spacial score (nSPS) is 12.1. The predicted octanol–water partition coefficient (Wildman–Crippen LogP) is 1.12. The molecule has 2 unspecified atom stereocenters. The van der Waals surface area contributed by atoms with Crippen LogP contribution in [0.1, 0.15) is 47.0 Å². The van der Waals surface area contributed by atoms with Crippen molar-refractivity contribution in [2.75, 3.05) is 13.2 Å². The van der Waals surface area contributed by atoms with E-state index >= 15 is 0 Å². The SMILES string of the molecule is CC(O)COC(C)CO.CCC(=O)O.CCCC(=O)O. The van der Waals surface area contributed by atoms with E-state index in [0.717, 1.165) is 6.42 Å². The molecule has 0 spiro atoms. The first-order valence-corrected chi connectivity index (χ1v) is 6.55. The Hall–Kier alpha value is -1.18. The maximum absolute atomic E-state index is 9.60. The Morgan fingerprint density at radius 3 is 1.70 bits per heavy atom.